The van der Waals surface area contributed by atoms with Gasteiger partial charge in [0.1, 0.15) is 6.10 Å². The first-order valence-corrected chi connectivity index (χ1v) is 4.83. The van der Waals surface area contributed by atoms with Crippen molar-refractivity contribution < 1.29 is 9.53 Å². The fraction of sp³-hybridized carbons (Fsp3) is 0.727. The van der Waals surface area contributed by atoms with Gasteiger partial charge < -0.3 is 4.74 Å². The van der Waals surface area contributed by atoms with Crippen LogP contribution in [0.2, 0.25) is 0 Å². The monoisotopic (exact) mass is 180 g/mol. The second-order valence-electron chi connectivity index (χ2n) is 3.28. The van der Waals surface area contributed by atoms with E-state index in [1.165, 1.54) is 0 Å². The molecule has 0 heterocycles. The van der Waals surface area contributed by atoms with Crippen molar-refractivity contribution in [2.75, 3.05) is 6.61 Å². The maximum atomic E-state index is 11.5. The lowest BCUT2D eigenvalue weighted by Crippen LogP contribution is -2.26. The highest BCUT2D eigenvalue weighted by molar-refractivity contribution is 5.85. The molecule has 0 spiro atoms. The maximum Gasteiger partial charge on any atom is 0.173 e. The molecule has 1 saturated carbocycles. The molecule has 72 valence electrons. The average molecular weight is 180 g/mol. The summed E-state index contributed by atoms with van der Waals surface area (Å²) in [6.07, 6.45) is 2.44. The first-order chi connectivity index (χ1) is 6.29. The van der Waals surface area contributed by atoms with E-state index in [0.717, 1.165) is 12.8 Å². The average Bonchev–Trinajstić information content (AvgIpc) is 2.93. The van der Waals surface area contributed by atoms with Gasteiger partial charge >= 0.3 is 0 Å². The number of ether oxygens (including phenoxy) is 1. The standard InChI is InChI=1S/C11H16O2/c1-3-5-6-10(12)11(13-4-2)9-7-8-9/h9,11H,4,6-8H2,1-2H3. The smallest absolute Gasteiger partial charge is 0.173 e. The Kier molecular flexibility index (Phi) is 3.98. The number of ketones is 1. The molecule has 0 radical (unpaired) electrons. The van der Waals surface area contributed by atoms with Crippen molar-refractivity contribution in [2.24, 2.45) is 5.92 Å². The molecule has 0 bridgehead atoms. The van der Waals surface area contributed by atoms with Gasteiger partial charge in [-0.05, 0) is 32.6 Å². The van der Waals surface area contributed by atoms with E-state index in [2.05, 4.69) is 11.8 Å². The molecule has 1 unspecified atom stereocenters. The number of Topliss-reactive ketones (excluding diaryl/α,β-unsaturated/α-hetero) is 1. The molecule has 1 rings (SSSR count). The zero-order chi connectivity index (χ0) is 9.68. The Morgan fingerprint density at radius 3 is 2.77 bits per heavy atom. The van der Waals surface area contributed by atoms with Crippen LogP contribution < -0.4 is 0 Å². The lowest BCUT2D eigenvalue weighted by atomic mass is 10.1. The normalized spacial score (nSPS) is 17.4. The van der Waals surface area contributed by atoms with Crippen molar-refractivity contribution >= 4 is 5.78 Å². The molecule has 1 atom stereocenters. The van der Waals surface area contributed by atoms with Crippen molar-refractivity contribution in [3.63, 3.8) is 0 Å². The third-order valence-corrected chi connectivity index (χ3v) is 2.15. The van der Waals surface area contributed by atoms with E-state index in [1.54, 1.807) is 6.92 Å². The van der Waals surface area contributed by atoms with Gasteiger partial charge in [0.05, 0.1) is 6.42 Å². The summed E-state index contributed by atoms with van der Waals surface area (Å²) in [5.41, 5.74) is 0. The summed E-state index contributed by atoms with van der Waals surface area (Å²) in [4.78, 5) is 11.5. The van der Waals surface area contributed by atoms with E-state index < -0.39 is 0 Å². The van der Waals surface area contributed by atoms with Crippen molar-refractivity contribution in [1.29, 1.82) is 0 Å². The van der Waals surface area contributed by atoms with E-state index in [1.807, 2.05) is 6.92 Å². The summed E-state index contributed by atoms with van der Waals surface area (Å²) >= 11 is 0. The minimum Gasteiger partial charge on any atom is -0.370 e. The Labute approximate surface area is 79.7 Å². The largest absolute Gasteiger partial charge is 0.370 e. The highest BCUT2D eigenvalue weighted by Gasteiger charge is 2.35. The summed E-state index contributed by atoms with van der Waals surface area (Å²) in [7, 11) is 0. The highest BCUT2D eigenvalue weighted by atomic mass is 16.5. The van der Waals surface area contributed by atoms with Crippen LogP contribution in [0.15, 0.2) is 0 Å². The quantitative estimate of drug-likeness (QED) is 0.603. The summed E-state index contributed by atoms with van der Waals surface area (Å²) < 4.78 is 5.41. The molecule has 2 heteroatoms. The fourth-order valence-electron chi connectivity index (χ4n) is 1.35. The number of carbonyl (C=O) groups excluding carboxylic acids is 1. The first-order valence-electron chi connectivity index (χ1n) is 4.83. The molecule has 0 aliphatic heterocycles. The number of hydrogen-bond donors (Lipinski definition) is 0. The van der Waals surface area contributed by atoms with E-state index >= 15 is 0 Å². The molecule has 0 aromatic carbocycles. The minimum absolute atomic E-state index is 0.152. The molecule has 0 N–H and O–H groups in total. The van der Waals surface area contributed by atoms with Crippen LogP contribution in [-0.4, -0.2) is 18.5 Å². The van der Waals surface area contributed by atoms with Gasteiger partial charge in [0.25, 0.3) is 0 Å². The summed E-state index contributed by atoms with van der Waals surface area (Å²) in [5, 5.41) is 0. The van der Waals surface area contributed by atoms with E-state index in [0.29, 0.717) is 18.9 Å². The van der Waals surface area contributed by atoms with Crippen LogP contribution in [0.1, 0.15) is 33.1 Å². The highest BCUT2D eigenvalue weighted by Crippen LogP contribution is 2.35. The number of hydrogen-bond acceptors (Lipinski definition) is 2. The Balaban J connectivity index is 2.41. The SMILES string of the molecule is CC#CCC(=O)C(OCC)C1CC1. The van der Waals surface area contributed by atoms with Crippen LogP contribution in [0.3, 0.4) is 0 Å². The van der Waals surface area contributed by atoms with Gasteiger partial charge in [-0.1, -0.05) is 5.92 Å². The Morgan fingerprint density at radius 2 is 2.31 bits per heavy atom. The third-order valence-electron chi connectivity index (χ3n) is 2.15. The van der Waals surface area contributed by atoms with Crippen LogP contribution in [0.4, 0.5) is 0 Å². The summed E-state index contributed by atoms with van der Waals surface area (Å²) in [5.74, 6) is 6.15. The predicted octanol–water partition coefficient (Wildman–Crippen LogP) is 1.78. The third kappa shape index (κ3) is 3.20. The molecule has 2 nitrogen and oxygen atoms in total. The zero-order valence-corrected chi connectivity index (χ0v) is 8.30. The van der Waals surface area contributed by atoms with Gasteiger partial charge in [-0.25, -0.2) is 0 Å². The molecular formula is C11H16O2. The molecule has 0 aromatic rings. The molecule has 0 amide bonds. The van der Waals surface area contributed by atoms with Gasteiger partial charge in [-0.3, -0.25) is 4.79 Å². The second-order valence-corrected chi connectivity index (χ2v) is 3.28. The lowest BCUT2D eigenvalue weighted by molar-refractivity contribution is -0.130. The van der Waals surface area contributed by atoms with E-state index in [-0.39, 0.29) is 11.9 Å². The Morgan fingerprint density at radius 1 is 1.62 bits per heavy atom. The molecule has 0 saturated heterocycles. The molecule has 13 heavy (non-hydrogen) atoms. The second kappa shape index (κ2) is 5.04. The van der Waals surface area contributed by atoms with Crippen molar-refractivity contribution in [3.8, 4) is 11.8 Å². The molecule has 0 aromatic heterocycles. The minimum atomic E-state index is -0.175. The van der Waals surface area contributed by atoms with Crippen LogP contribution >= 0.6 is 0 Å². The van der Waals surface area contributed by atoms with Gasteiger partial charge in [-0.15, -0.1) is 5.92 Å². The fourth-order valence-corrected chi connectivity index (χ4v) is 1.35. The number of carbonyl (C=O) groups is 1. The Bertz CT molecular complexity index is 230. The molecule has 1 aliphatic rings. The molecule has 1 aliphatic carbocycles. The predicted molar refractivity (Wildman–Crippen MR) is 51.2 cm³/mol. The van der Waals surface area contributed by atoms with Crippen LogP contribution in [0, 0.1) is 17.8 Å². The Hall–Kier alpha value is -0.810. The topological polar surface area (TPSA) is 26.3 Å². The van der Waals surface area contributed by atoms with Crippen molar-refractivity contribution in [1.82, 2.24) is 0 Å². The summed E-state index contributed by atoms with van der Waals surface area (Å²) in [6, 6.07) is 0. The zero-order valence-electron chi connectivity index (χ0n) is 8.30. The van der Waals surface area contributed by atoms with Gasteiger partial charge in [0.15, 0.2) is 5.78 Å². The maximum absolute atomic E-state index is 11.5. The van der Waals surface area contributed by atoms with Gasteiger partial charge in [0.2, 0.25) is 0 Å². The van der Waals surface area contributed by atoms with Crippen molar-refractivity contribution in [3.05, 3.63) is 0 Å². The van der Waals surface area contributed by atoms with E-state index in [9.17, 15) is 4.79 Å². The lowest BCUT2D eigenvalue weighted by Gasteiger charge is -2.12. The molecule has 1 fully saturated rings. The van der Waals surface area contributed by atoms with Crippen molar-refractivity contribution in [2.45, 2.75) is 39.2 Å². The van der Waals surface area contributed by atoms with Gasteiger partial charge in [0, 0.05) is 6.61 Å². The van der Waals surface area contributed by atoms with E-state index in [4.69, 9.17) is 4.74 Å². The van der Waals surface area contributed by atoms with Crippen LogP contribution in [0.25, 0.3) is 0 Å². The molecular weight excluding hydrogens is 164 g/mol. The first kappa shape index (κ1) is 10.3. The van der Waals surface area contributed by atoms with Crippen LogP contribution in [0.5, 0.6) is 0 Å². The number of rotatable bonds is 5. The van der Waals surface area contributed by atoms with Gasteiger partial charge in [-0.2, -0.15) is 0 Å². The summed E-state index contributed by atoms with van der Waals surface area (Å²) in [6.45, 7) is 4.29. The van der Waals surface area contributed by atoms with Crippen LogP contribution in [-0.2, 0) is 9.53 Å².